The maximum Gasteiger partial charge on any atom is 0.241 e. The van der Waals surface area contributed by atoms with Crippen molar-refractivity contribution in [3.05, 3.63) is 54.5 Å². The van der Waals surface area contributed by atoms with E-state index in [0.29, 0.717) is 37.2 Å². The molecule has 3 heterocycles. The van der Waals surface area contributed by atoms with Crippen molar-refractivity contribution in [1.29, 1.82) is 5.26 Å². The zero-order chi connectivity index (χ0) is 24.4. The Morgan fingerprint density at radius 2 is 2.00 bits per heavy atom. The molecule has 5 rings (SSSR count). The van der Waals surface area contributed by atoms with Gasteiger partial charge in [-0.2, -0.15) is 9.98 Å². The Morgan fingerprint density at radius 1 is 1.17 bits per heavy atom. The number of aryl methyl sites for hydroxylation is 1. The molecule has 3 atom stereocenters. The number of nitrogens with one attached hydrogen (secondary N) is 2. The first-order valence-electron chi connectivity index (χ1n) is 12.4. The first-order valence-corrected chi connectivity index (χ1v) is 13.9. The number of aromatic nitrogens is 2. The number of nitriles is 1. The SMILES string of the molecule is N#Cc1cccn1CCC(NS(=O)(=O)c1ccc2cc[nH]c2c1)C(=O)N1CCC2CCCCC2C1. The van der Waals surface area contributed by atoms with Gasteiger partial charge in [0, 0.05) is 37.5 Å². The number of rotatable bonds is 7. The number of likely N-dealkylation sites (tertiary alicyclic amines) is 1. The van der Waals surface area contributed by atoms with Crippen molar-refractivity contribution in [2.45, 2.75) is 56.0 Å². The lowest BCUT2D eigenvalue weighted by molar-refractivity contribution is -0.136. The van der Waals surface area contributed by atoms with E-state index in [0.717, 1.165) is 23.7 Å². The summed E-state index contributed by atoms with van der Waals surface area (Å²) in [4.78, 5) is 18.7. The summed E-state index contributed by atoms with van der Waals surface area (Å²) in [6.45, 7) is 1.73. The normalized spacial score (nSPS) is 21.4. The number of hydrogen-bond acceptors (Lipinski definition) is 4. The number of fused-ring (bicyclic) bond motifs is 2. The van der Waals surface area contributed by atoms with Gasteiger partial charge < -0.3 is 14.5 Å². The van der Waals surface area contributed by atoms with Crippen LogP contribution in [0.5, 0.6) is 0 Å². The number of carbonyl (C=O) groups excluding carboxylic acids is 1. The monoisotopic (exact) mass is 493 g/mol. The average Bonchev–Trinajstić information content (AvgIpc) is 3.54. The second-order valence-electron chi connectivity index (χ2n) is 9.77. The smallest absolute Gasteiger partial charge is 0.241 e. The van der Waals surface area contributed by atoms with Crippen LogP contribution in [-0.4, -0.2) is 47.9 Å². The lowest BCUT2D eigenvalue weighted by Crippen LogP contribution is -2.53. The zero-order valence-electron chi connectivity index (χ0n) is 19.7. The molecule has 3 unspecified atom stereocenters. The fourth-order valence-corrected chi connectivity index (χ4v) is 6.93. The van der Waals surface area contributed by atoms with E-state index in [1.54, 1.807) is 47.3 Å². The van der Waals surface area contributed by atoms with Crippen LogP contribution < -0.4 is 4.72 Å². The molecular formula is C26H31N5O3S. The van der Waals surface area contributed by atoms with Gasteiger partial charge in [-0.3, -0.25) is 4.79 Å². The highest BCUT2D eigenvalue weighted by molar-refractivity contribution is 7.89. The van der Waals surface area contributed by atoms with Gasteiger partial charge in [-0.1, -0.05) is 25.3 Å². The van der Waals surface area contributed by atoms with Gasteiger partial charge in [0.1, 0.15) is 17.8 Å². The van der Waals surface area contributed by atoms with E-state index >= 15 is 0 Å². The van der Waals surface area contributed by atoms with Crippen LogP contribution in [0.1, 0.15) is 44.2 Å². The molecule has 0 spiro atoms. The van der Waals surface area contributed by atoms with Gasteiger partial charge in [0.15, 0.2) is 0 Å². The van der Waals surface area contributed by atoms with Gasteiger partial charge in [-0.05, 0) is 66.8 Å². The Bertz CT molecular complexity index is 1350. The van der Waals surface area contributed by atoms with Crippen LogP contribution in [-0.2, 0) is 21.4 Å². The lowest BCUT2D eigenvalue weighted by Gasteiger charge is -2.42. The van der Waals surface area contributed by atoms with Gasteiger partial charge >= 0.3 is 0 Å². The predicted molar refractivity (Wildman–Crippen MR) is 133 cm³/mol. The molecule has 2 N–H and O–H groups in total. The lowest BCUT2D eigenvalue weighted by atomic mass is 9.75. The van der Waals surface area contributed by atoms with E-state index in [1.807, 2.05) is 11.0 Å². The molecule has 1 aliphatic heterocycles. The largest absolute Gasteiger partial charge is 0.361 e. The summed E-state index contributed by atoms with van der Waals surface area (Å²) < 4.78 is 31.2. The molecule has 1 saturated heterocycles. The molecule has 1 amide bonds. The van der Waals surface area contributed by atoms with Crippen LogP contribution in [0.25, 0.3) is 10.9 Å². The van der Waals surface area contributed by atoms with Crippen molar-refractivity contribution in [1.82, 2.24) is 19.2 Å². The molecule has 3 aromatic rings. The third-order valence-corrected chi connectivity index (χ3v) is 9.11. The van der Waals surface area contributed by atoms with Gasteiger partial charge in [0.05, 0.1) is 4.90 Å². The van der Waals surface area contributed by atoms with Crippen LogP contribution >= 0.6 is 0 Å². The first-order chi connectivity index (χ1) is 16.9. The first kappa shape index (κ1) is 23.6. The van der Waals surface area contributed by atoms with Gasteiger partial charge in [0.2, 0.25) is 15.9 Å². The second kappa shape index (κ2) is 9.88. The highest BCUT2D eigenvalue weighted by atomic mass is 32.2. The van der Waals surface area contributed by atoms with Crippen LogP contribution in [0.4, 0.5) is 0 Å². The Kier molecular flexibility index (Phi) is 6.67. The average molecular weight is 494 g/mol. The summed E-state index contributed by atoms with van der Waals surface area (Å²) in [6.07, 6.45) is 9.61. The van der Waals surface area contributed by atoms with E-state index in [4.69, 9.17) is 0 Å². The van der Waals surface area contributed by atoms with Gasteiger partial charge in [-0.15, -0.1) is 0 Å². The highest BCUT2D eigenvalue weighted by Gasteiger charge is 2.36. The van der Waals surface area contributed by atoms with E-state index in [2.05, 4.69) is 15.8 Å². The maximum absolute atomic E-state index is 13.7. The second-order valence-corrected chi connectivity index (χ2v) is 11.5. The van der Waals surface area contributed by atoms with Crippen molar-refractivity contribution < 1.29 is 13.2 Å². The van der Waals surface area contributed by atoms with Crippen LogP contribution in [0.15, 0.2) is 53.7 Å². The van der Waals surface area contributed by atoms with Crippen molar-refractivity contribution in [2.75, 3.05) is 13.1 Å². The Hall–Kier alpha value is -3.09. The number of piperidine rings is 1. The molecular weight excluding hydrogens is 462 g/mol. The van der Waals surface area contributed by atoms with E-state index in [-0.39, 0.29) is 17.2 Å². The molecule has 1 aliphatic carbocycles. The molecule has 9 heteroatoms. The van der Waals surface area contributed by atoms with Crippen LogP contribution in [0, 0.1) is 23.2 Å². The molecule has 2 aromatic heterocycles. The fourth-order valence-electron chi connectivity index (χ4n) is 5.68. The topological polar surface area (TPSA) is 111 Å². The molecule has 2 aliphatic rings. The number of amides is 1. The maximum atomic E-state index is 13.7. The minimum Gasteiger partial charge on any atom is -0.361 e. The van der Waals surface area contributed by atoms with Crippen molar-refractivity contribution in [3.8, 4) is 6.07 Å². The molecule has 0 radical (unpaired) electrons. The Morgan fingerprint density at radius 3 is 2.83 bits per heavy atom. The molecule has 8 nitrogen and oxygen atoms in total. The van der Waals surface area contributed by atoms with E-state index in [1.165, 1.54) is 19.3 Å². The molecule has 0 bridgehead atoms. The number of benzene rings is 1. The quantitative estimate of drug-likeness (QED) is 0.524. The minimum atomic E-state index is -3.93. The summed E-state index contributed by atoms with van der Waals surface area (Å²) in [6, 6.07) is 11.5. The minimum absolute atomic E-state index is 0.120. The number of hydrogen-bond donors (Lipinski definition) is 2. The van der Waals surface area contributed by atoms with Crippen LogP contribution in [0.2, 0.25) is 0 Å². The molecule has 35 heavy (non-hydrogen) atoms. The van der Waals surface area contributed by atoms with Crippen molar-refractivity contribution in [3.63, 3.8) is 0 Å². The summed E-state index contributed by atoms with van der Waals surface area (Å²) in [7, 11) is -3.93. The molecule has 1 saturated carbocycles. The predicted octanol–water partition coefficient (Wildman–Crippen LogP) is 3.62. The van der Waals surface area contributed by atoms with Crippen molar-refractivity contribution >= 4 is 26.8 Å². The van der Waals surface area contributed by atoms with Crippen LogP contribution in [0.3, 0.4) is 0 Å². The number of nitrogens with zero attached hydrogens (tertiary/aromatic N) is 3. The molecule has 184 valence electrons. The summed E-state index contributed by atoms with van der Waals surface area (Å²) >= 11 is 0. The number of carbonyl (C=O) groups is 1. The number of sulfonamides is 1. The van der Waals surface area contributed by atoms with Gasteiger partial charge in [0.25, 0.3) is 0 Å². The summed E-state index contributed by atoms with van der Waals surface area (Å²) in [5, 5.41) is 10.3. The van der Waals surface area contributed by atoms with E-state index in [9.17, 15) is 18.5 Å². The third-order valence-electron chi connectivity index (χ3n) is 7.64. The Balaban J connectivity index is 1.37. The summed E-state index contributed by atoms with van der Waals surface area (Å²) in [5.41, 5.74) is 1.21. The molecule has 2 fully saturated rings. The standard InChI is InChI=1S/C26H31N5O3S/c27-17-22-6-3-13-30(22)15-11-24(26(32)31-14-10-19-4-1-2-5-21(19)18-31)29-35(33,34)23-8-7-20-9-12-28-25(20)16-23/h3,6-9,12-13,16,19,21,24,28-29H,1-2,4-5,10-11,14-15,18H2. The summed E-state index contributed by atoms with van der Waals surface area (Å²) in [5.74, 6) is 1.00. The number of H-pyrrole nitrogens is 1. The molecule has 1 aromatic carbocycles. The third kappa shape index (κ3) is 5.00. The Labute approximate surface area is 206 Å². The highest BCUT2D eigenvalue weighted by Crippen LogP contribution is 2.36. The zero-order valence-corrected chi connectivity index (χ0v) is 20.5. The van der Waals surface area contributed by atoms with Gasteiger partial charge in [-0.25, -0.2) is 8.42 Å². The van der Waals surface area contributed by atoms with E-state index < -0.39 is 16.1 Å². The van der Waals surface area contributed by atoms with Crippen molar-refractivity contribution in [2.24, 2.45) is 11.8 Å². The number of aromatic amines is 1. The fraction of sp³-hybridized carbons (Fsp3) is 0.462.